The summed E-state index contributed by atoms with van der Waals surface area (Å²) in [6.07, 6.45) is 1.07. The van der Waals surface area contributed by atoms with Crippen molar-refractivity contribution in [2.24, 2.45) is 0 Å². The van der Waals surface area contributed by atoms with Crippen LogP contribution >= 0.6 is 0 Å². The predicted molar refractivity (Wildman–Crippen MR) is 190 cm³/mol. The number of hydrogen-bond donors (Lipinski definition) is 2. The maximum absolute atomic E-state index is 14.8. The second kappa shape index (κ2) is 15.7. The highest BCUT2D eigenvalue weighted by molar-refractivity contribution is 5.94. The number of aryl methyl sites for hydroxylation is 1. The highest BCUT2D eigenvalue weighted by Crippen LogP contribution is 2.37. The molecule has 0 bridgehead atoms. The number of esters is 1. The van der Waals surface area contributed by atoms with Crippen molar-refractivity contribution in [1.29, 1.82) is 0 Å². The topological polar surface area (TPSA) is 114 Å². The van der Waals surface area contributed by atoms with Crippen LogP contribution in [-0.4, -0.2) is 58.1 Å². The number of carbonyl (C=O) groups excluding carboxylic acids is 4. The van der Waals surface area contributed by atoms with Gasteiger partial charge in [0, 0.05) is 18.9 Å². The van der Waals surface area contributed by atoms with E-state index in [1.165, 1.54) is 0 Å². The Morgan fingerprint density at radius 1 is 0.714 bits per heavy atom. The number of hydrogen-bond acceptors (Lipinski definition) is 6. The maximum atomic E-state index is 14.8. The number of nitrogens with zero attached hydrogens (tertiary/aromatic N) is 1. The lowest BCUT2D eigenvalue weighted by Crippen LogP contribution is -2.56. The minimum absolute atomic E-state index is 0.192. The summed E-state index contributed by atoms with van der Waals surface area (Å²) in [4.78, 5) is 57.9. The van der Waals surface area contributed by atoms with Gasteiger partial charge >= 0.3 is 12.1 Å². The number of alkyl carbamates (subject to hydrolysis) is 1. The van der Waals surface area contributed by atoms with Crippen molar-refractivity contribution in [3.8, 4) is 0 Å². The Morgan fingerprint density at radius 2 is 1.24 bits per heavy atom. The normalized spacial score (nSPS) is 14.9. The predicted octanol–water partition coefficient (Wildman–Crippen LogP) is 6.54. The monoisotopic (exact) mass is 669 g/mol. The second-order valence-corrected chi connectivity index (χ2v) is 14.8. The molecule has 2 N–H and O–H groups in total. The fourth-order valence-corrected chi connectivity index (χ4v) is 5.70. The van der Waals surface area contributed by atoms with Gasteiger partial charge in [-0.05, 0) is 96.0 Å². The summed E-state index contributed by atoms with van der Waals surface area (Å²) in [6, 6.07) is 21.1. The van der Waals surface area contributed by atoms with Crippen molar-refractivity contribution in [3.63, 3.8) is 0 Å². The van der Waals surface area contributed by atoms with Crippen LogP contribution < -0.4 is 10.6 Å². The molecule has 3 aromatic rings. The van der Waals surface area contributed by atoms with E-state index in [2.05, 4.69) is 10.6 Å². The van der Waals surface area contributed by atoms with Gasteiger partial charge in [-0.3, -0.25) is 9.59 Å². The first-order valence-corrected chi connectivity index (χ1v) is 17.0. The van der Waals surface area contributed by atoms with E-state index in [1.807, 2.05) is 92.7 Å². The molecule has 3 aromatic carbocycles. The lowest BCUT2D eigenvalue weighted by atomic mass is 9.94. The van der Waals surface area contributed by atoms with Gasteiger partial charge in [0.25, 0.3) is 0 Å². The SMILES string of the molecule is Cc1cccc(C(C(=O)NC(Cc2ccccc2)C(=O)OC(C)(C)C)N(C(=O)C(Cc2ccccc2)NC(=O)OC(C)(C)C)C2CC2)c1C. The highest BCUT2D eigenvalue weighted by Gasteiger charge is 2.45. The largest absolute Gasteiger partial charge is 0.458 e. The molecule has 0 heterocycles. The molecule has 0 aromatic heterocycles. The highest BCUT2D eigenvalue weighted by atomic mass is 16.6. The molecule has 1 saturated carbocycles. The Morgan fingerprint density at radius 3 is 1.76 bits per heavy atom. The molecular formula is C40H51N3O6. The van der Waals surface area contributed by atoms with E-state index in [-0.39, 0.29) is 18.9 Å². The second-order valence-electron chi connectivity index (χ2n) is 14.8. The van der Waals surface area contributed by atoms with Crippen LogP contribution in [0.1, 0.15) is 88.2 Å². The number of amides is 3. The van der Waals surface area contributed by atoms with Gasteiger partial charge in [-0.2, -0.15) is 0 Å². The molecular weight excluding hydrogens is 618 g/mol. The summed E-state index contributed by atoms with van der Waals surface area (Å²) in [6.45, 7) is 14.5. The molecule has 1 aliphatic carbocycles. The van der Waals surface area contributed by atoms with Crippen molar-refractivity contribution in [2.45, 2.75) is 116 Å². The molecule has 9 nitrogen and oxygen atoms in total. The molecule has 9 heteroatoms. The first-order valence-electron chi connectivity index (χ1n) is 17.0. The van der Waals surface area contributed by atoms with Crippen LogP contribution in [0.15, 0.2) is 78.9 Å². The van der Waals surface area contributed by atoms with Gasteiger partial charge in [0.05, 0.1) is 0 Å². The Hall–Kier alpha value is -4.66. The summed E-state index contributed by atoms with van der Waals surface area (Å²) in [7, 11) is 0. The molecule has 0 saturated heterocycles. The molecule has 3 atom stereocenters. The Kier molecular flexibility index (Phi) is 11.9. The number of benzene rings is 3. The molecule has 0 spiro atoms. The number of nitrogens with one attached hydrogen (secondary N) is 2. The van der Waals surface area contributed by atoms with Gasteiger partial charge < -0.3 is 25.0 Å². The van der Waals surface area contributed by atoms with E-state index in [0.29, 0.717) is 18.4 Å². The zero-order chi connectivity index (χ0) is 35.9. The minimum Gasteiger partial charge on any atom is -0.458 e. The molecule has 0 radical (unpaired) electrons. The summed E-state index contributed by atoms with van der Waals surface area (Å²) < 4.78 is 11.3. The molecule has 262 valence electrons. The Labute approximate surface area is 290 Å². The zero-order valence-corrected chi connectivity index (χ0v) is 30.0. The van der Waals surface area contributed by atoms with E-state index in [0.717, 1.165) is 22.3 Å². The Balaban J connectivity index is 1.77. The minimum atomic E-state index is -1.08. The quantitative estimate of drug-likeness (QED) is 0.212. The molecule has 4 rings (SSSR count). The third-order valence-corrected chi connectivity index (χ3v) is 8.22. The van der Waals surface area contributed by atoms with Crippen LogP contribution in [0.3, 0.4) is 0 Å². The standard InChI is InChI=1S/C40H51N3O6/c1-26-16-15-21-31(27(26)2)34(35(44)41-33(37(46)48-39(3,4)5)25-29-19-13-10-14-20-29)43(30-22-23-30)36(45)32(24-28-17-11-9-12-18-28)42-38(47)49-40(6,7)8/h9-21,30,32-34H,22-25H2,1-8H3,(H,41,44)(H,42,47). The molecule has 3 unspecified atom stereocenters. The lowest BCUT2D eigenvalue weighted by Gasteiger charge is -2.36. The van der Waals surface area contributed by atoms with E-state index in [9.17, 15) is 19.2 Å². The van der Waals surface area contributed by atoms with Crippen LogP contribution in [-0.2, 0) is 36.7 Å². The van der Waals surface area contributed by atoms with Gasteiger partial charge in [0.15, 0.2) is 0 Å². The number of carbonyl (C=O) groups is 4. The molecule has 49 heavy (non-hydrogen) atoms. The average Bonchev–Trinajstić information content (AvgIpc) is 3.85. The third kappa shape index (κ3) is 10.9. The van der Waals surface area contributed by atoms with Gasteiger partial charge in [0.2, 0.25) is 11.8 Å². The first-order chi connectivity index (χ1) is 23.0. The van der Waals surface area contributed by atoms with E-state index in [4.69, 9.17) is 9.47 Å². The van der Waals surface area contributed by atoms with E-state index >= 15 is 0 Å². The summed E-state index contributed by atoms with van der Waals surface area (Å²) >= 11 is 0. The van der Waals surface area contributed by atoms with Crippen LogP contribution in [0.25, 0.3) is 0 Å². The molecule has 0 aliphatic heterocycles. The summed E-state index contributed by atoms with van der Waals surface area (Å²) in [5.74, 6) is -1.48. The van der Waals surface area contributed by atoms with Gasteiger partial charge in [-0.15, -0.1) is 0 Å². The van der Waals surface area contributed by atoms with Crippen molar-refractivity contribution in [3.05, 3.63) is 107 Å². The van der Waals surface area contributed by atoms with Gasteiger partial charge in [-0.25, -0.2) is 9.59 Å². The van der Waals surface area contributed by atoms with Crippen molar-refractivity contribution < 1.29 is 28.7 Å². The molecule has 3 amide bonds. The fraction of sp³-hybridized carbons (Fsp3) is 0.450. The fourth-order valence-electron chi connectivity index (χ4n) is 5.70. The smallest absolute Gasteiger partial charge is 0.408 e. The van der Waals surface area contributed by atoms with Crippen LogP contribution in [0.2, 0.25) is 0 Å². The van der Waals surface area contributed by atoms with Crippen molar-refractivity contribution in [1.82, 2.24) is 15.5 Å². The maximum Gasteiger partial charge on any atom is 0.408 e. The van der Waals surface area contributed by atoms with Crippen LogP contribution in [0.4, 0.5) is 4.79 Å². The summed E-state index contributed by atoms with van der Waals surface area (Å²) in [5, 5.41) is 5.81. The van der Waals surface area contributed by atoms with Crippen molar-refractivity contribution >= 4 is 23.9 Å². The Bertz CT molecular complexity index is 1610. The van der Waals surface area contributed by atoms with Crippen molar-refractivity contribution in [2.75, 3.05) is 0 Å². The summed E-state index contributed by atoms with van der Waals surface area (Å²) in [5.41, 5.74) is 2.59. The lowest BCUT2D eigenvalue weighted by molar-refractivity contribution is -0.159. The average molecular weight is 670 g/mol. The third-order valence-electron chi connectivity index (χ3n) is 8.22. The van der Waals surface area contributed by atoms with Crippen LogP contribution in [0, 0.1) is 13.8 Å². The first kappa shape index (κ1) is 37.2. The molecule has 1 aliphatic rings. The molecule has 1 fully saturated rings. The van der Waals surface area contributed by atoms with Gasteiger partial charge in [-0.1, -0.05) is 78.9 Å². The van der Waals surface area contributed by atoms with Gasteiger partial charge in [0.1, 0.15) is 29.3 Å². The number of rotatable bonds is 12. The zero-order valence-electron chi connectivity index (χ0n) is 30.0. The van der Waals surface area contributed by atoms with Crippen LogP contribution in [0.5, 0.6) is 0 Å². The number of ether oxygens (including phenoxy) is 2. The van der Waals surface area contributed by atoms with E-state index in [1.54, 1.807) is 46.4 Å². The van der Waals surface area contributed by atoms with E-state index < -0.39 is 53.2 Å².